The molecule has 43 heavy (non-hydrogen) atoms. The number of likely N-dealkylation sites (N-methyl/N-ethyl adjacent to an activating group) is 1. The second-order valence-corrected chi connectivity index (χ2v) is 10.7. The van der Waals surface area contributed by atoms with Crippen LogP contribution in [0.5, 0.6) is 0 Å². The van der Waals surface area contributed by atoms with E-state index in [0.29, 0.717) is 30.6 Å². The summed E-state index contributed by atoms with van der Waals surface area (Å²) in [5, 5.41) is 3.13. The van der Waals surface area contributed by atoms with Gasteiger partial charge >= 0.3 is 0 Å². The van der Waals surface area contributed by atoms with Gasteiger partial charge in [-0.15, -0.1) is 13.2 Å². The molecule has 2 heterocycles. The Morgan fingerprint density at radius 1 is 1.14 bits per heavy atom. The number of nitrogens with zero attached hydrogens (tertiary/aromatic N) is 2. The molecule has 0 radical (unpaired) electrons. The van der Waals surface area contributed by atoms with Gasteiger partial charge in [-0.25, -0.2) is 4.39 Å². The molecule has 0 aromatic heterocycles. The summed E-state index contributed by atoms with van der Waals surface area (Å²) in [6, 6.07) is 10.2. The highest BCUT2D eigenvalue weighted by Gasteiger charge is 2.32. The van der Waals surface area contributed by atoms with Crippen molar-refractivity contribution in [2.45, 2.75) is 40.7 Å². The van der Waals surface area contributed by atoms with Crippen molar-refractivity contribution in [3.8, 4) is 0 Å². The van der Waals surface area contributed by atoms with Gasteiger partial charge in [-0.05, 0) is 53.1 Å². The van der Waals surface area contributed by atoms with Crippen LogP contribution in [-0.4, -0.2) is 26.7 Å². The topological polar surface area (TPSA) is 44.5 Å². The lowest BCUT2D eigenvalue weighted by molar-refractivity contribution is 0.597. The fourth-order valence-electron chi connectivity index (χ4n) is 5.54. The Hall–Kier alpha value is -4.09. The predicted octanol–water partition coefficient (Wildman–Crippen LogP) is 8.96. The van der Waals surface area contributed by atoms with Crippen LogP contribution in [0.1, 0.15) is 56.4 Å². The van der Waals surface area contributed by atoms with Crippen LogP contribution in [-0.2, 0) is 6.54 Å². The van der Waals surface area contributed by atoms with Crippen molar-refractivity contribution < 1.29 is 4.39 Å². The summed E-state index contributed by atoms with van der Waals surface area (Å²) >= 11 is 0. The monoisotopic (exact) mass is 582 g/mol. The van der Waals surface area contributed by atoms with Gasteiger partial charge in [0.15, 0.2) is 0 Å². The number of hydrogen-bond donors (Lipinski definition) is 2. The molecule has 1 atom stereocenters. The number of anilines is 2. The van der Waals surface area contributed by atoms with E-state index in [-0.39, 0.29) is 5.82 Å². The Balaban J connectivity index is 0.00000155. The van der Waals surface area contributed by atoms with Crippen molar-refractivity contribution in [2.75, 3.05) is 36.5 Å². The van der Waals surface area contributed by atoms with E-state index in [1.165, 1.54) is 0 Å². The molecular weight excluding hydrogens is 531 g/mol. The number of nitrogens with one attached hydrogen (secondary N) is 1. The molecule has 0 bridgehead atoms. The normalized spacial score (nSPS) is 15.9. The molecule has 0 saturated carbocycles. The minimum absolute atomic E-state index is 0.267. The van der Waals surface area contributed by atoms with Gasteiger partial charge in [0.05, 0.1) is 11.4 Å². The first-order chi connectivity index (χ1) is 20.7. The number of allylic oxidation sites excluding steroid dienone is 4. The fourth-order valence-corrected chi connectivity index (χ4v) is 5.54. The third kappa shape index (κ3) is 7.85. The number of benzene rings is 2. The van der Waals surface area contributed by atoms with Gasteiger partial charge in [-0.1, -0.05) is 96.5 Å². The molecule has 2 aromatic carbocycles. The fraction of sp³-hybridized carbons (Fsp3) is 0.316. The lowest BCUT2D eigenvalue weighted by Crippen LogP contribution is -2.28. The average molecular weight is 583 g/mol. The van der Waals surface area contributed by atoms with E-state index >= 15 is 4.39 Å². The summed E-state index contributed by atoms with van der Waals surface area (Å²) < 4.78 is 15.8. The number of rotatable bonds is 10. The maximum absolute atomic E-state index is 15.8. The second kappa shape index (κ2) is 16.5. The molecule has 1 saturated heterocycles. The van der Waals surface area contributed by atoms with Crippen LogP contribution in [0.3, 0.4) is 0 Å². The molecule has 1 fully saturated rings. The van der Waals surface area contributed by atoms with Crippen LogP contribution in [0, 0.1) is 17.7 Å². The highest BCUT2D eigenvalue weighted by Crippen LogP contribution is 2.46. The van der Waals surface area contributed by atoms with Gasteiger partial charge < -0.3 is 20.9 Å². The second-order valence-electron chi connectivity index (χ2n) is 10.7. The van der Waals surface area contributed by atoms with Crippen molar-refractivity contribution in [1.82, 2.24) is 5.32 Å². The van der Waals surface area contributed by atoms with Crippen molar-refractivity contribution in [1.29, 1.82) is 0 Å². The Morgan fingerprint density at radius 3 is 2.30 bits per heavy atom. The number of halogens is 1. The molecule has 2 aromatic rings. The molecular formula is C38H51FN4. The zero-order valence-electron chi connectivity index (χ0n) is 27.0. The van der Waals surface area contributed by atoms with Gasteiger partial charge in [0, 0.05) is 55.3 Å². The average Bonchev–Trinajstić information content (AvgIpc) is 3.51. The molecule has 2 aliphatic heterocycles. The maximum Gasteiger partial charge on any atom is 0.147 e. The van der Waals surface area contributed by atoms with Crippen molar-refractivity contribution in [3.63, 3.8) is 0 Å². The largest absolute Gasteiger partial charge is 0.388 e. The molecule has 0 amide bonds. The maximum atomic E-state index is 15.8. The van der Waals surface area contributed by atoms with Gasteiger partial charge in [0.2, 0.25) is 0 Å². The predicted molar refractivity (Wildman–Crippen MR) is 189 cm³/mol. The van der Waals surface area contributed by atoms with Crippen LogP contribution in [0.25, 0.3) is 17.2 Å². The van der Waals surface area contributed by atoms with Crippen LogP contribution < -0.4 is 20.9 Å². The summed E-state index contributed by atoms with van der Waals surface area (Å²) in [5.41, 5.74) is 14.7. The quantitative estimate of drug-likeness (QED) is 0.217. The highest BCUT2D eigenvalue weighted by molar-refractivity contribution is 5.97. The first-order valence-corrected chi connectivity index (χ1v) is 15.1. The van der Waals surface area contributed by atoms with E-state index in [1.54, 1.807) is 12.1 Å². The van der Waals surface area contributed by atoms with Crippen LogP contribution in [0.4, 0.5) is 15.8 Å². The standard InChI is InChI=1S/C34H41FN4.C2H6.C2H4/c1-8-27(16-22(3)4)28-12-10-25(11-13-28)19-39-21-31(24(6)37-7)23(5)30-17-32(35)34(29(9-2)33(30)39)38-15-14-26(18-36)20-38;2*1-2/h8-13,16-17,21-22,26,37H,1-2,5-6,14-15,18-20,36H2,3-4,7H3;1-2H3;1-2H2/b27-16+;;. The van der Waals surface area contributed by atoms with Crippen molar-refractivity contribution in [3.05, 3.63) is 127 Å². The highest BCUT2D eigenvalue weighted by atomic mass is 19.1. The van der Waals surface area contributed by atoms with E-state index in [4.69, 9.17) is 5.73 Å². The smallest absolute Gasteiger partial charge is 0.147 e. The summed E-state index contributed by atoms with van der Waals surface area (Å²) in [5.74, 6) is 0.525. The molecule has 0 aliphatic carbocycles. The molecule has 230 valence electrons. The summed E-state index contributed by atoms with van der Waals surface area (Å²) in [7, 11) is 1.83. The van der Waals surface area contributed by atoms with Crippen LogP contribution >= 0.6 is 0 Å². The molecule has 3 N–H and O–H groups in total. The lowest BCUT2D eigenvalue weighted by Gasteiger charge is -2.35. The first kappa shape index (κ1) is 35.1. The Kier molecular flexibility index (Phi) is 13.5. The van der Waals surface area contributed by atoms with Crippen LogP contribution in [0.15, 0.2) is 99.4 Å². The molecule has 2 aliphatic rings. The number of fused-ring (bicyclic) bond motifs is 1. The molecule has 4 rings (SSSR count). The summed E-state index contributed by atoms with van der Waals surface area (Å²) in [6.07, 6.45) is 8.91. The minimum Gasteiger partial charge on any atom is -0.388 e. The molecule has 5 heteroatoms. The third-order valence-corrected chi connectivity index (χ3v) is 7.62. The zero-order valence-corrected chi connectivity index (χ0v) is 27.0. The number of hydrogen-bond acceptors (Lipinski definition) is 4. The van der Waals surface area contributed by atoms with E-state index in [1.807, 2.05) is 27.0 Å². The molecule has 1 unspecified atom stereocenters. The van der Waals surface area contributed by atoms with Gasteiger partial charge in [0.1, 0.15) is 5.82 Å². The van der Waals surface area contributed by atoms with Gasteiger partial charge in [-0.2, -0.15) is 0 Å². The Morgan fingerprint density at radius 2 is 1.79 bits per heavy atom. The molecule has 4 nitrogen and oxygen atoms in total. The zero-order chi connectivity index (χ0) is 32.3. The van der Waals surface area contributed by atoms with E-state index in [9.17, 15) is 0 Å². The number of nitrogens with two attached hydrogens (primary N) is 1. The third-order valence-electron chi connectivity index (χ3n) is 7.62. The first-order valence-electron chi connectivity index (χ1n) is 15.1. The SMILES string of the molecule is C=C.C=C/C(=C\C(C)C)c1ccc(CN2C=C(C(=C)NC)C(=C)c3cc(F)c(N4CCC(CN)C4)c(C=C)c32)cc1.CC. The minimum atomic E-state index is -0.267. The van der Waals surface area contributed by atoms with Crippen molar-refractivity contribution in [2.24, 2.45) is 17.6 Å². The van der Waals surface area contributed by atoms with Crippen LogP contribution in [0.2, 0.25) is 0 Å². The van der Waals surface area contributed by atoms with Gasteiger partial charge in [0.25, 0.3) is 0 Å². The van der Waals surface area contributed by atoms with E-state index in [2.05, 4.69) is 105 Å². The van der Waals surface area contributed by atoms with E-state index in [0.717, 1.165) is 69.9 Å². The van der Waals surface area contributed by atoms with E-state index < -0.39 is 0 Å². The van der Waals surface area contributed by atoms with Gasteiger partial charge in [-0.3, -0.25) is 0 Å². The van der Waals surface area contributed by atoms with Crippen molar-refractivity contribution >= 4 is 28.6 Å². The summed E-state index contributed by atoms with van der Waals surface area (Å²) in [6.45, 7) is 33.6. The Labute approximate surface area is 260 Å². The lowest BCUT2D eigenvalue weighted by atomic mass is 9.89. The Bertz CT molecular complexity index is 1360. The molecule has 0 spiro atoms. The summed E-state index contributed by atoms with van der Waals surface area (Å²) in [4.78, 5) is 4.29.